The fourth-order valence-corrected chi connectivity index (χ4v) is 4.00. The van der Waals surface area contributed by atoms with Crippen LogP contribution >= 0.6 is 0 Å². The lowest BCUT2D eigenvalue weighted by Gasteiger charge is -2.12. The molecule has 0 saturated carbocycles. The average molecular weight is 413 g/mol. The van der Waals surface area contributed by atoms with Gasteiger partial charge in [-0.15, -0.1) is 0 Å². The predicted octanol–water partition coefficient (Wildman–Crippen LogP) is 7.98. The summed E-state index contributed by atoms with van der Waals surface area (Å²) >= 11 is 0. The van der Waals surface area contributed by atoms with Gasteiger partial charge in [-0.25, -0.2) is 0 Å². The van der Waals surface area contributed by atoms with E-state index in [1.807, 2.05) is 0 Å². The molecule has 0 heterocycles. The van der Waals surface area contributed by atoms with Gasteiger partial charge in [0.05, 0.1) is 5.92 Å². The number of hydrogen-bond acceptors (Lipinski definition) is 2. The van der Waals surface area contributed by atoms with Gasteiger partial charge < -0.3 is 10.2 Å². The Hall–Kier alpha value is -1.06. The third kappa shape index (κ3) is 21.5. The molecule has 4 nitrogen and oxygen atoms in total. The summed E-state index contributed by atoms with van der Waals surface area (Å²) in [7, 11) is 0. The Morgan fingerprint density at radius 2 is 0.897 bits per heavy atom. The van der Waals surface area contributed by atoms with Crippen molar-refractivity contribution in [3.63, 3.8) is 0 Å². The normalized spacial score (nSPS) is 12.2. The number of unbranched alkanes of at least 4 members (excludes halogenated alkanes) is 16. The monoisotopic (exact) mass is 412 g/mol. The number of carboxylic acids is 2. The van der Waals surface area contributed by atoms with E-state index in [9.17, 15) is 14.7 Å². The van der Waals surface area contributed by atoms with E-state index in [0.717, 1.165) is 51.4 Å². The van der Waals surface area contributed by atoms with Crippen molar-refractivity contribution in [2.24, 2.45) is 5.92 Å². The molecule has 0 saturated heterocycles. The molecule has 0 aromatic heterocycles. The maximum Gasteiger partial charge on any atom is 0.306 e. The molecule has 1 unspecified atom stereocenters. The molecule has 0 aromatic rings. The van der Waals surface area contributed by atoms with Crippen molar-refractivity contribution in [2.45, 2.75) is 142 Å². The van der Waals surface area contributed by atoms with Crippen LogP contribution in [0.1, 0.15) is 142 Å². The van der Waals surface area contributed by atoms with E-state index in [2.05, 4.69) is 6.92 Å². The van der Waals surface area contributed by atoms with E-state index in [-0.39, 0.29) is 5.92 Å². The van der Waals surface area contributed by atoms with Crippen LogP contribution in [-0.4, -0.2) is 22.2 Å². The molecular formula is C25H48O4. The standard InChI is InChI=1S/C25H48O4/c1-2-3-4-5-6-11-14-17-20-23(25(28)29)21-18-15-12-9-7-8-10-13-16-19-22-24(26)27/h23H,2-22H2,1H3,(H,26,27)(H,28,29). The Kier molecular flexibility index (Phi) is 20.9. The molecule has 0 fully saturated rings. The quantitative estimate of drug-likeness (QED) is 0.167. The summed E-state index contributed by atoms with van der Waals surface area (Å²) in [6, 6.07) is 0. The summed E-state index contributed by atoms with van der Waals surface area (Å²) < 4.78 is 0. The highest BCUT2D eigenvalue weighted by molar-refractivity contribution is 5.69. The van der Waals surface area contributed by atoms with Crippen molar-refractivity contribution in [3.8, 4) is 0 Å². The first-order chi connectivity index (χ1) is 14.1. The Balaban J connectivity index is 3.45. The minimum absolute atomic E-state index is 0.138. The largest absolute Gasteiger partial charge is 0.481 e. The zero-order chi connectivity index (χ0) is 21.6. The molecule has 29 heavy (non-hydrogen) atoms. The van der Waals surface area contributed by atoms with Crippen molar-refractivity contribution >= 4 is 11.9 Å². The van der Waals surface area contributed by atoms with Crippen LogP contribution in [0.15, 0.2) is 0 Å². The second kappa shape index (κ2) is 21.6. The smallest absolute Gasteiger partial charge is 0.306 e. The molecule has 0 bridgehead atoms. The Bertz CT molecular complexity index is 381. The third-order valence-corrected chi connectivity index (χ3v) is 5.95. The van der Waals surface area contributed by atoms with Crippen LogP contribution in [-0.2, 0) is 9.59 Å². The molecule has 0 aliphatic rings. The highest BCUT2D eigenvalue weighted by Gasteiger charge is 2.16. The lowest BCUT2D eigenvalue weighted by molar-refractivity contribution is -0.142. The number of carbonyl (C=O) groups is 2. The Morgan fingerprint density at radius 1 is 0.552 bits per heavy atom. The summed E-state index contributed by atoms with van der Waals surface area (Å²) in [5, 5.41) is 18.0. The molecule has 4 heteroatoms. The molecule has 0 aliphatic carbocycles. The molecule has 2 N–H and O–H groups in total. The van der Waals surface area contributed by atoms with Crippen molar-refractivity contribution in [2.75, 3.05) is 0 Å². The van der Waals surface area contributed by atoms with Crippen molar-refractivity contribution in [1.29, 1.82) is 0 Å². The van der Waals surface area contributed by atoms with Crippen LogP contribution < -0.4 is 0 Å². The maximum absolute atomic E-state index is 11.5. The van der Waals surface area contributed by atoms with Crippen molar-refractivity contribution in [1.82, 2.24) is 0 Å². The van der Waals surface area contributed by atoms with Crippen molar-refractivity contribution < 1.29 is 19.8 Å². The fourth-order valence-electron chi connectivity index (χ4n) is 4.00. The number of aliphatic carboxylic acids is 2. The van der Waals surface area contributed by atoms with Gasteiger partial charge in [0, 0.05) is 6.42 Å². The first-order valence-electron chi connectivity index (χ1n) is 12.5. The van der Waals surface area contributed by atoms with Crippen LogP contribution in [0.3, 0.4) is 0 Å². The predicted molar refractivity (Wildman–Crippen MR) is 121 cm³/mol. The third-order valence-electron chi connectivity index (χ3n) is 5.95. The van der Waals surface area contributed by atoms with Crippen LogP contribution in [0, 0.1) is 5.92 Å². The number of carboxylic acid groups (broad SMARTS) is 2. The van der Waals surface area contributed by atoms with E-state index in [0.29, 0.717) is 6.42 Å². The highest BCUT2D eigenvalue weighted by atomic mass is 16.4. The van der Waals surface area contributed by atoms with Crippen molar-refractivity contribution in [3.05, 3.63) is 0 Å². The van der Waals surface area contributed by atoms with Gasteiger partial charge in [-0.2, -0.15) is 0 Å². The highest BCUT2D eigenvalue weighted by Crippen LogP contribution is 2.20. The lowest BCUT2D eigenvalue weighted by Crippen LogP contribution is -2.13. The SMILES string of the molecule is CCCCCCCCCCC(CCCCCCCCCCCCC(=O)O)C(=O)O. The first-order valence-corrected chi connectivity index (χ1v) is 12.5. The summed E-state index contributed by atoms with van der Waals surface area (Å²) in [5.41, 5.74) is 0. The van der Waals surface area contributed by atoms with Gasteiger partial charge in [0.15, 0.2) is 0 Å². The zero-order valence-electron chi connectivity index (χ0n) is 19.1. The summed E-state index contributed by atoms with van der Waals surface area (Å²) in [6.45, 7) is 2.24. The maximum atomic E-state index is 11.5. The number of hydrogen-bond donors (Lipinski definition) is 2. The van der Waals surface area contributed by atoms with Gasteiger partial charge in [0.2, 0.25) is 0 Å². The van der Waals surface area contributed by atoms with Crippen LogP contribution in [0.4, 0.5) is 0 Å². The van der Waals surface area contributed by atoms with E-state index in [1.54, 1.807) is 0 Å². The summed E-state index contributed by atoms with van der Waals surface area (Å²) in [5.74, 6) is -1.43. The average Bonchev–Trinajstić information content (AvgIpc) is 2.68. The molecule has 0 rings (SSSR count). The van der Waals surface area contributed by atoms with Crippen LogP contribution in [0.5, 0.6) is 0 Å². The van der Waals surface area contributed by atoms with E-state index >= 15 is 0 Å². The van der Waals surface area contributed by atoms with E-state index in [4.69, 9.17) is 5.11 Å². The minimum Gasteiger partial charge on any atom is -0.481 e. The molecule has 0 spiro atoms. The number of rotatable bonds is 23. The second-order valence-electron chi connectivity index (χ2n) is 8.77. The second-order valence-corrected chi connectivity index (χ2v) is 8.77. The van der Waals surface area contributed by atoms with E-state index < -0.39 is 11.9 Å². The van der Waals surface area contributed by atoms with E-state index in [1.165, 1.54) is 77.0 Å². The van der Waals surface area contributed by atoms with Gasteiger partial charge in [0.25, 0.3) is 0 Å². The molecule has 0 radical (unpaired) electrons. The molecule has 1 atom stereocenters. The molecule has 0 amide bonds. The van der Waals surface area contributed by atoms with Gasteiger partial charge in [-0.1, -0.05) is 116 Å². The fraction of sp³-hybridized carbons (Fsp3) is 0.920. The molecule has 0 aliphatic heterocycles. The topological polar surface area (TPSA) is 74.6 Å². The molecular weight excluding hydrogens is 364 g/mol. The first kappa shape index (κ1) is 27.9. The van der Waals surface area contributed by atoms with Gasteiger partial charge in [-0.05, 0) is 19.3 Å². The van der Waals surface area contributed by atoms with Crippen LogP contribution in [0.25, 0.3) is 0 Å². The molecule has 0 aromatic carbocycles. The summed E-state index contributed by atoms with van der Waals surface area (Å²) in [6.07, 6.45) is 23.5. The Labute approximate surface area is 179 Å². The van der Waals surface area contributed by atoms with Crippen LogP contribution in [0.2, 0.25) is 0 Å². The van der Waals surface area contributed by atoms with Gasteiger partial charge >= 0.3 is 11.9 Å². The van der Waals surface area contributed by atoms with Gasteiger partial charge in [-0.3, -0.25) is 9.59 Å². The summed E-state index contributed by atoms with van der Waals surface area (Å²) in [4.78, 5) is 21.9. The lowest BCUT2D eigenvalue weighted by atomic mass is 9.94. The van der Waals surface area contributed by atoms with Gasteiger partial charge in [0.1, 0.15) is 0 Å². The zero-order valence-corrected chi connectivity index (χ0v) is 19.1. The Morgan fingerprint density at radius 3 is 1.24 bits per heavy atom. The minimum atomic E-state index is -0.687. The molecule has 172 valence electrons.